The lowest BCUT2D eigenvalue weighted by Gasteiger charge is -2.17. The zero-order chi connectivity index (χ0) is 13.0. The van der Waals surface area contributed by atoms with Crippen LogP contribution in [0.25, 0.3) is 0 Å². The standard InChI is InChI=1S/C15H22O2/c1-10(6-7-11(2)16)14-8-9-15(17-5)13(4)12(14)3/h8-10H,6-7H2,1-5H3. The van der Waals surface area contributed by atoms with Crippen LogP contribution in [-0.4, -0.2) is 12.9 Å². The highest BCUT2D eigenvalue weighted by Crippen LogP contribution is 2.30. The third kappa shape index (κ3) is 3.32. The average Bonchev–Trinajstić information content (AvgIpc) is 2.29. The first-order valence-corrected chi connectivity index (χ1v) is 6.11. The number of methoxy groups -OCH3 is 1. The van der Waals surface area contributed by atoms with Crippen molar-refractivity contribution >= 4 is 5.78 Å². The second kappa shape index (κ2) is 5.85. The minimum Gasteiger partial charge on any atom is -0.496 e. The molecule has 1 rings (SSSR count). The van der Waals surface area contributed by atoms with Crippen LogP contribution in [0.15, 0.2) is 12.1 Å². The molecule has 0 radical (unpaired) electrons. The second-order valence-electron chi connectivity index (χ2n) is 4.75. The molecular formula is C15H22O2. The van der Waals surface area contributed by atoms with Crippen LogP contribution in [0, 0.1) is 13.8 Å². The van der Waals surface area contributed by atoms with Crippen molar-refractivity contribution in [2.45, 2.75) is 46.5 Å². The predicted octanol–water partition coefficient (Wildman–Crippen LogP) is 3.78. The van der Waals surface area contributed by atoms with Gasteiger partial charge in [0, 0.05) is 6.42 Å². The normalized spacial score (nSPS) is 12.3. The van der Waals surface area contributed by atoms with Gasteiger partial charge in [0.2, 0.25) is 0 Å². The molecule has 0 bridgehead atoms. The number of carbonyl (C=O) groups is 1. The van der Waals surface area contributed by atoms with Gasteiger partial charge < -0.3 is 9.53 Å². The average molecular weight is 234 g/mol. The molecular weight excluding hydrogens is 212 g/mol. The molecule has 1 unspecified atom stereocenters. The molecule has 0 fully saturated rings. The number of hydrogen-bond donors (Lipinski definition) is 0. The Morgan fingerprint density at radius 3 is 2.47 bits per heavy atom. The maximum atomic E-state index is 11.0. The van der Waals surface area contributed by atoms with Crippen LogP contribution in [0.3, 0.4) is 0 Å². The van der Waals surface area contributed by atoms with Gasteiger partial charge in [-0.2, -0.15) is 0 Å². The van der Waals surface area contributed by atoms with Crippen LogP contribution >= 0.6 is 0 Å². The summed E-state index contributed by atoms with van der Waals surface area (Å²) < 4.78 is 5.30. The maximum Gasteiger partial charge on any atom is 0.129 e. The second-order valence-corrected chi connectivity index (χ2v) is 4.75. The first kappa shape index (κ1) is 13.8. The van der Waals surface area contributed by atoms with Gasteiger partial charge in [-0.1, -0.05) is 13.0 Å². The van der Waals surface area contributed by atoms with Crippen molar-refractivity contribution in [2.24, 2.45) is 0 Å². The van der Waals surface area contributed by atoms with Crippen molar-refractivity contribution in [1.29, 1.82) is 0 Å². The van der Waals surface area contributed by atoms with Crippen molar-refractivity contribution in [2.75, 3.05) is 7.11 Å². The molecule has 94 valence electrons. The molecule has 2 heteroatoms. The van der Waals surface area contributed by atoms with E-state index in [1.54, 1.807) is 14.0 Å². The van der Waals surface area contributed by atoms with E-state index in [0.29, 0.717) is 12.3 Å². The van der Waals surface area contributed by atoms with Crippen LogP contribution in [0.1, 0.15) is 49.3 Å². The first-order valence-electron chi connectivity index (χ1n) is 6.11. The summed E-state index contributed by atoms with van der Waals surface area (Å²) in [5, 5.41) is 0. The van der Waals surface area contributed by atoms with Crippen molar-refractivity contribution in [3.8, 4) is 5.75 Å². The largest absolute Gasteiger partial charge is 0.496 e. The smallest absolute Gasteiger partial charge is 0.129 e. The third-order valence-electron chi connectivity index (χ3n) is 3.46. The highest BCUT2D eigenvalue weighted by atomic mass is 16.5. The molecule has 0 aromatic heterocycles. The Kier molecular flexibility index (Phi) is 4.73. The van der Waals surface area contributed by atoms with Gasteiger partial charge in [0.1, 0.15) is 11.5 Å². The van der Waals surface area contributed by atoms with Crippen molar-refractivity contribution in [3.63, 3.8) is 0 Å². The Balaban J connectivity index is 2.91. The zero-order valence-electron chi connectivity index (χ0n) is 11.5. The van der Waals surface area contributed by atoms with E-state index in [0.717, 1.165) is 12.2 Å². The molecule has 0 amide bonds. The minimum atomic E-state index is 0.264. The van der Waals surface area contributed by atoms with E-state index >= 15 is 0 Å². The van der Waals surface area contributed by atoms with E-state index in [1.165, 1.54) is 16.7 Å². The highest BCUT2D eigenvalue weighted by Gasteiger charge is 2.13. The van der Waals surface area contributed by atoms with E-state index in [-0.39, 0.29) is 5.78 Å². The number of ether oxygens (including phenoxy) is 1. The Bertz CT molecular complexity index is 408. The topological polar surface area (TPSA) is 26.3 Å². The number of rotatable bonds is 5. The molecule has 0 aliphatic rings. The molecule has 0 aliphatic carbocycles. The van der Waals surface area contributed by atoms with Crippen LogP contribution < -0.4 is 4.74 Å². The first-order chi connectivity index (χ1) is 7.97. The zero-order valence-corrected chi connectivity index (χ0v) is 11.5. The summed E-state index contributed by atoms with van der Waals surface area (Å²) in [6.07, 6.45) is 1.58. The van der Waals surface area contributed by atoms with E-state index in [4.69, 9.17) is 4.74 Å². The summed E-state index contributed by atoms with van der Waals surface area (Å²) in [5.41, 5.74) is 3.80. The Morgan fingerprint density at radius 2 is 1.94 bits per heavy atom. The summed E-state index contributed by atoms with van der Waals surface area (Å²) in [6, 6.07) is 4.13. The van der Waals surface area contributed by atoms with Crippen molar-refractivity contribution in [1.82, 2.24) is 0 Å². The van der Waals surface area contributed by atoms with Gasteiger partial charge in [-0.05, 0) is 55.9 Å². The Morgan fingerprint density at radius 1 is 1.29 bits per heavy atom. The number of Topliss-reactive ketones (excluding diaryl/α,β-unsaturated/α-hetero) is 1. The van der Waals surface area contributed by atoms with Gasteiger partial charge in [0.05, 0.1) is 7.11 Å². The fourth-order valence-corrected chi connectivity index (χ4v) is 2.15. The molecule has 1 aromatic carbocycles. The quantitative estimate of drug-likeness (QED) is 0.775. The number of hydrogen-bond acceptors (Lipinski definition) is 2. The fraction of sp³-hybridized carbons (Fsp3) is 0.533. The summed E-state index contributed by atoms with van der Waals surface area (Å²) in [6.45, 7) is 8.03. The van der Waals surface area contributed by atoms with Gasteiger partial charge in [-0.3, -0.25) is 0 Å². The fourth-order valence-electron chi connectivity index (χ4n) is 2.15. The van der Waals surface area contributed by atoms with Crippen LogP contribution in [0.4, 0.5) is 0 Å². The lowest BCUT2D eigenvalue weighted by Crippen LogP contribution is -2.02. The van der Waals surface area contributed by atoms with Crippen LogP contribution in [-0.2, 0) is 4.79 Å². The molecule has 1 atom stereocenters. The lowest BCUT2D eigenvalue weighted by molar-refractivity contribution is -0.117. The Hall–Kier alpha value is -1.31. The molecule has 0 spiro atoms. The van der Waals surface area contributed by atoms with E-state index in [9.17, 15) is 4.79 Å². The summed E-state index contributed by atoms with van der Waals surface area (Å²) in [4.78, 5) is 11.0. The maximum absolute atomic E-state index is 11.0. The van der Waals surface area contributed by atoms with Gasteiger partial charge in [0.15, 0.2) is 0 Å². The van der Waals surface area contributed by atoms with Crippen LogP contribution in [0.5, 0.6) is 5.75 Å². The summed E-state index contributed by atoms with van der Waals surface area (Å²) in [7, 11) is 1.70. The monoisotopic (exact) mass is 234 g/mol. The molecule has 17 heavy (non-hydrogen) atoms. The number of benzene rings is 1. The van der Waals surface area contributed by atoms with E-state index in [1.807, 2.05) is 6.07 Å². The van der Waals surface area contributed by atoms with Gasteiger partial charge >= 0.3 is 0 Å². The molecule has 2 nitrogen and oxygen atoms in total. The van der Waals surface area contributed by atoms with Gasteiger partial charge in [0.25, 0.3) is 0 Å². The molecule has 1 aromatic rings. The molecule has 0 heterocycles. The minimum absolute atomic E-state index is 0.264. The van der Waals surface area contributed by atoms with E-state index in [2.05, 4.69) is 26.8 Å². The van der Waals surface area contributed by atoms with Crippen LogP contribution in [0.2, 0.25) is 0 Å². The van der Waals surface area contributed by atoms with E-state index < -0.39 is 0 Å². The van der Waals surface area contributed by atoms with Gasteiger partial charge in [-0.15, -0.1) is 0 Å². The third-order valence-corrected chi connectivity index (χ3v) is 3.46. The number of carbonyl (C=O) groups excluding carboxylic acids is 1. The lowest BCUT2D eigenvalue weighted by atomic mass is 9.89. The molecule has 0 aliphatic heterocycles. The molecule has 0 N–H and O–H groups in total. The molecule has 0 saturated carbocycles. The van der Waals surface area contributed by atoms with Crippen molar-refractivity contribution in [3.05, 3.63) is 28.8 Å². The predicted molar refractivity (Wildman–Crippen MR) is 70.8 cm³/mol. The summed E-state index contributed by atoms with van der Waals surface area (Å²) >= 11 is 0. The SMILES string of the molecule is COc1ccc(C(C)CCC(C)=O)c(C)c1C. The highest BCUT2D eigenvalue weighted by molar-refractivity contribution is 5.75. The Labute approximate surface area is 104 Å². The molecule has 0 saturated heterocycles. The van der Waals surface area contributed by atoms with Gasteiger partial charge in [-0.25, -0.2) is 0 Å². The van der Waals surface area contributed by atoms with Crippen molar-refractivity contribution < 1.29 is 9.53 Å². The summed E-state index contributed by atoms with van der Waals surface area (Å²) in [5.74, 6) is 1.62. The number of ketones is 1.